The molecular formula is C10H14ClN5O2. The van der Waals surface area contributed by atoms with Gasteiger partial charge in [0.15, 0.2) is 0 Å². The van der Waals surface area contributed by atoms with E-state index in [0.29, 0.717) is 18.9 Å². The Morgan fingerprint density at radius 3 is 2.89 bits per heavy atom. The van der Waals surface area contributed by atoms with Crippen LogP contribution in [0.3, 0.4) is 0 Å². The molecule has 0 aliphatic carbocycles. The fourth-order valence-electron chi connectivity index (χ4n) is 2.01. The summed E-state index contributed by atoms with van der Waals surface area (Å²) in [6.45, 7) is 0.664. The number of piperidine rings is 1. The number of methoxy groups -OCH3 is 1. The number of rotatable bonds is 3. The Morgan fingerprint density at radius 1 is 1.44 bits per heavy atom. The average Bonchev–Trinajstić information content (AvgIpc) is 2.38. The van der Waals surface area contributed by atoms with Crippen LogP contribution >= 0.6 is 11.6 Å². The third kappa shape index (κ3) is 2.61. The third-order valence-corrected chi connectivity index (χ3v) is 3.02. The van der Waals surface area contributed by atoms with E-state index in [2.05, 4.69) is 15.0 Å². The number of anilines is 1. The number of nitrogens with zero attached hydrogens (tertiary/aromatic N) is 4. The van der Waals surface area contributed by atoms with Crippen LogP contribution in [-0.4, -0.2) is 40.6 Å². The number of ether oxygens (including phenoxy) is 1. The van der Waals surface area contributed by atoms with E-state index in [4.69, 9.17) is 22.1 Å². The van der Waals surface area contributed by atoms with E-state index in [0.717, 1.165) is 12.8 Å². The van der Waals surface area contributed by atoms with Gasteiger partial charge in [0, 0.05) is 6.54 Å². The summed E-state index contributed by atoms with van der Waals surface area (Å²) in [5.41, 5.74) is 5.39. The van der Waals surface area contributed by atoms with E-state index in [9.17, 15) is 4.79 Å². The van der Waals surface area contributed by atoms with Gasteiger partial charge in [0.1, 0.15) is 6.04 Å². The summed E-state index contributed by atoms with van der Waals surface area (Å²) >= 11 is 5.79. The molecule has 1 aliphatic rings. The molecule has 1 aromatic rings. The van der Waals surface area contributed by atoms with Crippen molar-refractivity contribution in [1.82, 2.24) is 15.0 Å². The second-order valence-electron chi connectivity index (χ2n) is 4.00. The van der Waals surface area contributed by atoms with E-state index in [1.54, 1.807) is 4.90 Å². The van der Waals surface area contributed by atoms with Crippen molar-refractivity contribution >= 4 is 23.5 Å². The number of hydrogen-bond acceptors (Lipinski definition) is 6. The fraction of sp³-hybridized carbons (Fsp3) is 0.600. The molecule has 1 saturated heterocycles. The number of carbonyl (C=O) groups excluding carboxylic acids is 1. The van der Waals surface area contributed by atoms with Crippen LogP contribution in [0.15, 0.2) is 0 Å². The fourth-order valence-corrected chi connectivity index (χ4v) is 2.16. The van der Waals surface area contributed by atoms with Crippen LogP contribution in [0.25, 0.3) is 0 Å². The number of nitrogens with two attached hydrogens (primary N) is 1. The minimum atomic E-state index is -0.401. The maximum Gasteiger partial charge on any atom is 0.322 e. The lowest BCUT2D eigenvalue weighted by atomic mass is 10.0. The first-order chi connectivity index (χ1) is 8.61. The minimum absolute atomic E-state index is 0.0330. The summed E-state index contributed by atoms with van der Waals surface area (Å²) in [5.74, 6) is -0.0550. The quantitative estimate of drug-likeness (QED) is 0.854. The van der Waals surface area contributed by atoms with Gasteiger partial charge in [0.2, 0.25) is 17.1 Å². The molecule has 0 saturated carbocycles. The summed E-state index contributed by atoms with van der Waals surface area (Å²) in [6.07, 6.45) is 2.61. The predicted molar refractivity (Wildman–Crippen MR) is 65.6 cm³/mol. The van der Waals surface area contributed by atoms with Crippen LogP contribution in [0.4, 0.5) is 5.95 Å². The molecule has 1 atom stereocenters. The van der Waals surface area contributed by atoms with Gasteiger partial charge in [0.25, 0.3) is 0 Å². The lowest BCUT2D eigenvalue weighted by Gasteiger charge is -2.33. The molecule has 1 aliphatic heterocycles. The number of aromatic nitrogens is 3. The molecule has 1 fully saturated rings. The molecule has 0 bridgehead atoms. The number of amides is 1. The van der Waals surface area contributed by atoms with Gasteiger partial charge in [-0.1, -0.05) is 0 Å². The molecule has 0 radical (unpaired) electrons. The monoisotopic (exact) mass is 271 g/mol. The number of carbonyl (C=O) groups is 1. The van der Waals surface area contributed by atoms with Gasteiger partial charge in [-0.15, -0.1) is 0 Å². The Bertz CT molecular complexity index is 456. The van der Waals surface area contributed by atoms with Crippen molar-refractivity contribution in [1.29, 1.82) is 0 Å². The van der Waals surface area contributed by atoms with Crippen molar-refractivity contribution in [3.05, 3.63) is 5.28 Å². The third-order valence-electron chi connectivity index (χ3n) is 2.85. The van der Waals surface area contributed by atoms with Gasteiger partial charge in [-0.25, -0.2) is 0 Å². The SMILES string of the molecule is COc1nc(Cl)nc(N2CCCCC2C(N)=O)n1. The normalized spacial score (nSPS) is 19.7. The van der Waals surface area contributed by atoms with Gasteiger partial charge in [0.05, 0.1) is 7.11 Å². The minimum Gasteiger partial charge on any atom is -0.467 e. The predicted octanol–water partition coefficient (Wildman–Crippen LogP) is 0.378. The molecule has 7 nitrogen and oxygen atoms in total. The van der Waals surface area contributed by atoms with Crippen LogP contribution in [0.2, 0.25) is 5.28 Å². The van der Waals surface area contributed by atoms with Crippen LogP contribution in [-0.2, 0) is 4.79 Å². The lowest BCUT2D eigenvalue weighted by Crippen LogP contribution is -2.48. The van der Waals surface area contributed by atoms with Crippen LogP contribution in [0, 0.1) is 0 Å². The van der Waals surface area contributed by atoms with E-state index in [-0.39, 0.29) is 17.2 Å². The van der Waals surface area contributed by atoms with Crippen LogP contribution in [0.5, 0.6) is 6.01 Å². The molecule has 2 rings (SSSR count). The maximum atomic E-state index is 11.4. The summed E-state index contributed by atoms with van der Waals surface area (Å²) in [6, 6.07) is -0.277. The zero-order chi connectivity index (χ0) is 13.1. The molecule has 2 heterocycles. The molecular weight excluding hydrogens is 258 g/mol. The highest BCUT2D eigenvalue weighted by Crippen LogP contribution is 2.23. The first-order valence-corrected chi connectivity index (χ1v) is 6.01. The van der Waals surface area contributed by atoms with Crippen molar-refractivity contribution in [3.8, 4) is 6.01 Å². The second kappa shape index (κ2) is 5.34. The Kier molecular flexibility index (Phi) is 3.81. The summed E-state index contributed by atoms with van der Waals surface area (Å²) in [5, 5.41) is 0.0330. The highest BCUT2D eigenvalue weighted by molar-refractivity contribution is 6.28. The Labute approximate surface area is 109 Å². The standard InChI is InChI=1S/C10H14ClN5O2/c1-18-10-14-8(11)13-9(15-10)16-5-3-2-4-6(16)7(12)17/h6H,2-5H2,1H3,(H2,12,17). The summed E-state index contributed by atoms with van der Waals surface area (Å²) in [4.78, 5) is 25.1. The topological polar surface area (TPSA) is 94.2 Å². The molecule has 1 aromatic heterocycles. The van der Waals surface area contributed by atoms with Gasteiger partial charge in [-0.05, 0) is 30.9 Å². The molecule has 0 spiro atoms. The molecule has 2 N–H and O–H groups in total. The molecule has 18 heavy (non-hydrogen) atoms. The zero-order valence-electron chi connectivity index (χ0n) is 9.97. The van der Waals surface area contributed by atoms with Crippen molar-refractivity contribution in [3.63, 3.8) is 0 Å². The summed E-state index contributed by atoms with van der Waals surface area (Å²) < 4.78 is 4.93. The van der Waals surface area contributed by atoms with Crippen molar-refractivity contribution < 1.29 is 9.53 Å². The van der Waals surface area contributed by atoms with Crippen molar-refractivity contribution in [2.45, 2.75) is 25.3 Å². The van der Waals surface area contributed by atoms with Crippen LogP contribution in [0.1, 0.15) is 19.3 Å². The Morgan fingerprint density at radius 2 is 2.22 bits per heavy atom. The Hall–Kier alpha value is -1.63. The van der Waals surface area contributed by atoms with Gasteiger partial charge < -0.3 is 15.4 Å². The highest BCUT2D eigenvalue weighted by atomic mass is 35.5. The van der Waals surface area contributed by atoms with Gasteiger partial charge in [-0.3, -0.25) is 4.79 Å². The number of hydrogen-bond donors (Lipinski definition) is 1. The molecule has 98 valence electrons. The second-order valence-corrected chi connectivity index (χ2v) is 4.34. The smallest absolute Gasteiger partial charge is 0.322 e. The largest absolute Gasteiger partial charge is 0.467 e. The lowest BCUT2D eigenvalue weighted by molar-refractivity contribution is -0.119. The first kappa shape index (κ1) is 12.8. The molecule has 0 aromatic carbocycles. The van der Waals surface area contributed by atoms with E-state index < -0.39 is 6.04 Å². The average molecular weight is 272 g/mol. The molecule has 8 heteroatoms. The van der Waals surface area contributed by atoms with Crippen molar-refractivity contribution in [2.75, 3.05) is 18.6 Å². The zero-order valence-corrected chi connectivity index (χ0v) is 10.7. The summed E-state index contributed by atoms with van der Waals surface area (Å²) in [7, 11) is 1.44. The molecule has 1 unspecified atom stereocenters. The Balaban J connectivity index is 2.33. The maximum absolute atomic E-state index is 11.4. The van der Waals surface area contributed by atoms with E-state index in [1.807, 2.05) is 0 Å². The highest BCUT2D eigenvalue weighted by Gasteiger charge is 2.29. The van der Waals surface area contributed by atoms with Gasteiger partial charge >= 0.3 is 6.01 Å². The van der Waals surface area contributed by atoms with Gasteiger partial charge in [-0.2, -0.15) is 15.0 Å². The van der Waals surface area contributed by atoms with E-state index >= 15 is 0 Å². The number of halogens is 1. The van der Waals surface area contributed by atoms with Crippen molar-refractivity contribution in [2.24, 2.45) is 5.73 Å². The molecule has 1 amide bonds. The van der Waals surface area contributed by atoms with E-state index in [1.165, 1.54) is 7.11 Å². The first-order valence-electron chi connectivity index (χ1n) is 5.63. The number of primary amides is 1. The van der Waals surface area contributed by atoms with Crippen LogP contribution < -0.4 is 15.4 Å².